The quantitative estimate of drug-likeness (QED) is 0.593. The fraction of sp³-hybridized carbons (Fsp3) is 0.333. The van der Waals surface area contributed by atoms with Crippen LogP contribution in [0, 0.1) is 16.0 Å². The third kappa shape index (κ3) is 4.48. The summed E-state index contributed by atoms with van der Waals surface area (Å²) < 4.78 is 0.848. The molecule has 0 spiro atoms. The summed E-state index contributed by atoms with van der Waals surface area (Å²) in [5.74, 6) is 0.234. The number of rotatable bonds is 4. The van der Waals surface area contributed by atoms with Crippen LogP contribution in [0.1, 0.15) is 25.8 Å². The zero-order valence-electron chi connectivity index (χ0n) is 9.61. The maximum atomic E-state index is 10.9. The lowest BCUT2D eigenvalue weighted by atomic mass is 10.1. The Balaban J connectivity index is 3.12. The predicted octanol–water partition coefficient (Wildman–Crippen LogP) is 4.77. The Bertz CT molecular complexity index is 458. The van der Waals surface area contributed by atoms with Crippen LogP contribution in [-0.4, -0.2) is 4.92 Å². The Morgan fingerprint density at radius 1 is 1.59 bits per heavy atom. The summed E-state index contributed by atoms with van der Waals surface area (Å²) in [4.78, 5) is 10.6. The first-order valence-electron chi connectivity index (χ1n) is 5.20. The van der Waals surface area contributed by atoms with Gasteiger partial charge >= 0.3 is 0 Å². The van der Waals surface area contributed by atoms with E-state index in [-0.39, 0.29) is 16.5 Å². The third-order valence-electron chi connectivity index (χ3n) is 2.13. The minimum atomic E-state index is -0.350. The van der Waals surface area contributed by atoms with E-state index in [2.05, 4.69) is 15.9 Å². The van der Waals surface area contributed by atoms with E-state index in [0.29, 0.717) is 17.0 Å². The van der Waals surface area contributed by atoms with E-state index < -0.39 is 0 Å². The highest BCUT2D eigenvalue weighted by atomic mass is 79.9. The van der Waals surface area contributed by atoms with Gasteiger partial charge in [-0.1, -0.05) is 41.4 Å². The van der Waals surface area contributed by atoms with Crippen LogP contribution < -0.4 is 0 Å². The zero-order chi connectivity index (χ0) is 13.0. The molecule has 0 N–H and O–H groups in total. The summed E-state index contributed by atoms with van der Waals surface area (Å²) in [6.45, 7) is 3.89. The number of halogens is 2. The molecule has 92 valence electrons. The van der Waals surface area contributed by atoms with E-state index in [1.165, 1.54) is 6.08 Å². The molecule has 0 atom stereocenters. The normalized spacial score (nSPS) is 11.9. The van der Waals surface area contributed by atoms with Crippen molar-refractivity contribution in [3.05, 3.63) is 49.1 Å². The van der Waals surface area contributed by atoms with Gasteiger partial charge in [0.25, 0.3) is 0 Å². The molecule has 0 heterocycles. The van der Waals surface area contributed by atoms with Gasteiger partial charge in [-0.25, -0.2) is 0 Å². The van der Waals surface area contributed by atoms with E-state index in [1.807, 2.05) is 13.8 Å². The van der Waals surface area contributed by atoms with Gasteiger partial charge in [-0.15, -0.1) is 0 Å². The lowest BCUT2D eigenvalue weighted by Crippen LogP contribution is -2.02. The molecule has 0 amide bonds. The summed E-state index contributed by atoms with van der Waals surface area (Å²) in [5.41, 5.74) is 0.841. The van der Waals surface area contributed by atoms with Crippen molar-refractivity contribution in [3.8, 4) is 0 Å². The second kappa shape index (κ2) is 6.17. The van der Waals surface area contributed by atoms with Crippen LogP contribution in [0.15, 0.2) is 28.4 Å². The summed E-state index contributed by atoms with van der Waals surface area (Å²) in [7, 11) is 0. The van der Waals surface area contributed by atoms with E-state index in [1.54, 1.807) is 18.2 Å². The summed E-state index contributed by atoms with van der Waals surface area (Å²) in [5, 5.41) is 11.4. The van der Waals surface area contributed by atoms with Crippen molar-refractivity contribution in [1.29, 1.82) is 0 Å². The second-order valence-electron chi connectivity index (χ2n) is 4.16. The van der Waals surface area contributed by atoms with Crippen LogP contribution in [0.3, 0.4) is 0 Å². The molecule has 0 unspecified atom stereocenters. The van der Waals surface area contributed by atoms with Gasteiger partial charge in [0.05, 0.1) is 4.92 Å². The van der Waals surface area contributed by atoms with Crippen molar-refractivity contribution >= 4 is 33.6 Å². The molecule has 1 rings (SSSR count). The Kier molecular flexibility index (Phi) is 5.15. The minimum absolute atomic E-state index is 0.181. The van der Waals surface area contributed by atoms with Gasteiger partial charge in [0.2, 0.25) is 5.70 Å². The minimum Gasteiger partial charge on any atom is -0.259 e. The van der Waals surface area contributed by atoms with Gasteiger partial charge in [0.1, 0.15) is 0 Å². The third-order valence-corrected chi connectivity index (χ3v) is 2.97. The van der Waals surface area contributed by atoms with Crippen LogP contribution in [0.2, 0.25) is 5.02 Å². The number of nitrogens with zero attached hydrogens (tertiary/aromatic N) is 1. The smallest absolute Gasteiger partial charge is 0.247 e. The summed E-state index contributed by atoms with van der Waals surface area (Å²) >= 11 is 9.31. The molecule has 5 heteroatoms. The number of hydrogen-bond acceptors (Lipinski definition) is 2. The van der Waals surface area contributed by atoms with E-state index in [4.69, 9.17) is 11.6 Å². The van der Waals surface area contributed by atoms with Crippen LogP contribution in [0.4, 0.5) is 0 Å². The lowest BCUT2D eigenvalue weighted by molar-refractivity contribution is -0.427. The summed E-state index contributed by atoms with van der Waals surface area (Å²) in [6.07, 6.45) is 1.96. The van der Waals surface area contributed by atoms with E-state index in [0.717, 1.165) is 4.47 Å². The highest BCUT2D eigenvalue weighted by Gasteiger charge is 2.14. The molecule has 17 heavy (non-hydrogen) atoms. The van der Waals surface area contributed by atoms with Crippen molar-refractivity contribution in [2.75, 3.05) is 0 Å². The van der Waals surface area contributed by atoms with Crippen molar-refractivity contribution in [1.82, 2.24) is 0 Å². The predicted molar refractivity (Wildman–Crippen MR) is 73.6 cm³/mol. The van der Waals surface area contributed by atoms with Gasteiger partial charge < -0.3 is 0 Å². The number of benzene rings is 1. The number of allylic oxidation sites excluding steroid dienone is 1. The lowest BCUT2D eigenvalue weighted by Gasteiger charge is -2.04. The van der Waals surface area contributed by atoms with Gasteiger partial charge in [-0.2, -0.15) is 0 Å². The Morgan fingerprint density at radius 2 is 2.24 bits per heavy atom. The number of hydrogen-bond donors (Lipinski definition) is 0. The molecule has 0 saturated carbocycles. The fourth-order valence-electron chi connectivity index (χ4n) is 1.41. The van der Waals surface area contributed by atoms with Gasteiger partial charge in [-0.05, 0) is 24.1 Å². The molecule has 3 nitrogen and oxygen atoms in total. The Hall–Kier alpha value is -0.870. The first-order chi connectivity index (χ1) is 7.90. The molecular formula is C12H13BrClNO2. The van der Waals surface area contributed by atoms with Crippen molar-refractivity contribution in [2.45, 2.75) is 20.3 Å². The van der Waals surface area contributed by atoms with Crippen molar-refractivity contribution in [2.24, 2.45) is 5.92 Å². The zero-order valence-corrected chi connectivity index (χ0v) is 12.0. The summed E-state index contributed by atoms with van der Waals surface area (Å²) in [6, 6.07) is 5.28. The van der Waals surface area contributed by atoms with Crippen LogP contribution in [-0.2, 0) is 0 Å². The molecular weight excluding hydrogens is 305 g/mol. The monoisotopic (exact) mass is 317 g/mol. The average molecular weight is 319 g/mol. The Morgan fingerprint density at radius 3 is 2.76 bits per heavy atom. The fourth-order valence-corrected chi connectivity index (χ4v) is 1.96. The number of nitro groups is 1. The molecule has 1 aromatic rings. The maximum Gasteiger partial charge on any atom is 0.247 e. The highest BCUT2D eigenvalue weighted by Crippen LogP contribution is 2.25. The van der Waals surface area contributed by atoms with Crippen LogP contribution >= 0.6 is 27.5 Å². The van der Waals surface area contributed by atoms with Crippen molar-refractivity contribution in [3.63, 3.8) is 0 Å². The SMILES string of the molecule is CC(C)C/C(=C/c1cc(Br)ccc1Cl)[N+](=O)[O-]. The molecule has 0 aliphatic heterocycles. The highest BCUT2D eigenvalue weighted by molar-refractivity contribution is 9.10. The van der Waals surface area contributed by atoms with Gasteiger partial charge in [0, 0.05) is 27.6 Å². The molecule has 0 aromatic heterocycles. The molecule has 0 aliphatic rings. The molecule has 0 saturated heterocycles. The van der Waals surface area contributed by atoms with Crippen LogP contribution in [0.5, 0.6) is 0 Å². The van der Waals surface area contributed by atoms with Gasteiger partial charge in [0.15, 0.2) is 0 Å². The topological polar surface area (TPSA) is 43.1 Å². The maximum absolute atomic E-state index is 10.9. The van der Waals surface area contributed by atoms with Gasteiger partial charge in [-0.3, -0.25) is 10.1 Å². The second-order valence-corrected chi connectivity index (χ2v) is 5.48. The van der Waals surface area contributed by atoms with E-state index in [9.17, 15) is 10.1 Å². The Labute approximate surface area is 114 Å². The standard InChI is InChI=1S/C12H13BrClNO2/c1-8(2)5-11(15(16)17)7-9-6-10(13)3-4-12(9)14/h3-4,6-8H,5H2,1-2H3/b11-7-. The first-order valence-corrected chi connectivity index (χ1v) is 6.37. The largest absolute Gasteiger partial charge is 0.259 e. The first kappa shape index (κ1) is 14.2. The average Bonchev–Trinajstić information content (AvgIpc) is 2.21. The molecule has 1 aromatic carbocycles. The molecule has 0 radical (unpaired) electrons. The molecule has 0 fully saturated rings. The molecule has 0 bridgehead atoms. The van der Waals surface area contributed by atoms with E-state index >= 15 is 0 Å². The van der Waals surface area contributed by atoms with Crippen LogP contribution in [0.25, 0.3) is 6.08 Å². The molecule has 0 aliphatic carbocycles. The van der Waals surface area contributed by atoms with Crippen molar-refractivity contribution < 1.29 is 4.92 Å².